The number of aromatic nitrogens is 1. The van der Waals surface area contributed by atoms with E-state index in [0.717, 1.165) is 12.0 Å². The zero-order valence-corrected chi connectivity index (χ0v) is 11.1. The van der Waals surface area contributed by atoms with Crippen LogP contribution in [0.2, 0.25) is 0 Å². The Labute approximate surface area is 108 Å². The molecule has 0 fully saturated rings. The molecule has 0 spiro atoms. The van der Waals surface area contributed by atoms with Gasteiger partial charge in [-0.3, -0.25) is 4.79 Å². The number of nitrogens with zero attached hydrogens (tertiary/aromatic N) is 1. The molecule has 0 radical (unpaired) electrons. The highest BCUT2D eigenvalue weighted by Crippen LogP contribution is 2.08. The number of hydrogen-bond acceptors (Lipinski definition) is 4. The van der Waals surface area contributed by atoms with Crippen molar-refractivity contribution in [1.29, 1.82) is 0 Å². The van der Waals surface area contributed by atoms with E-state index in [4.69, 9.17) is 10.5 Å². The molecular weight excluding hydrogens is 230 g/mol. The van der Waals surface area contributed by atoms with Gasteiger partial charge in [0.25, 0.3) is 0 Å². The molecule has 0 saturated carbocycles. The molecule has 5 heteroatoms. The second kappa shape index (κ2) is 6.96. The third kappa shape index (κ3) is 4.00. The van der Waals surface area contributed by atoms with Crippen LogP contribution in [0.15, 0.2) is 18.3 Å². The van der Waals surface area contributed by atoms with Gasteiger partial charge in [-0.05, 0) is 11.5 Å². The molecule has 2 atom stereocenters. The highest BCUT2D eigenvalue weighted by Gasteiger charge is 2.18. The summed E-state index contributed by atoms with van der Waals surface area (Å²) in [6, 6.07) is 3.16. The lowest BCUT2D eigenvalue weighted by molar-refractivity contribution is -0.123. The van der Waals surface area contributed by atoms with Crippen molar-refractivity contribution in [3.63, 3.8) is 0 Å². The molecule has 18 heavy (non-hydrogen) atoms. The van der Waals surface area contributed by atoms with E-state index in [1.807, 2.05) is 19.9 Å². The van der Waals surface area contributed by atoms with Crippen LogP contribution in [0.3, 0.4) is 0 Å². The summed E-state index contributed by atoms with van der Waals surface area (Å²) in [6.07, 6.45) is 2.56. The molecular formula is C13H21N3O2. The fraction of sp³-hybridized carbons (Fsp3) is 0.538. The average Bonchev–Trinajstić information content (AvgIpc) is 2.43. The maximum Gasteiger partial charge on any atom is 0.237 e. The predicted molar refractivity (Wildman–Crippen MR) is 70.1 cm³/mol. The third-order valence-corrected chi connectivity index (χ3v) is 3.03. The van der Waals surface area contributed by atoms with Crippen molar-refractivity contribution in [1.82, 2.24) is 10.3 Å². The molecule has 1 amide bonds. The summed E-state index contributed by atoms with van der Waals surface area (Å²) < 4.78 is 4.96. The van der Waals surface area contributed by atoms with E-state index in [0.29, 0.717) is 12.4 Å². The van der Waals surface area contributed by atoms with Gasteiger partial charge in [0, 0.05) is 18.8 Å². The third-order valence-electron chi connectivity index (χ3n) is 3.03. The fourth-order valence-corrected chi connectivity index (χ4v) is 1.46. The van der Waals surface area contributed by atoms with Crippen molar-refractivity contribution < 1.29 is 9.53 Å². The number of hydrogen-bond donors (Lipinski definition) is 2. The van der Waals surface area contributed by atoms with Crippen molar-refractivity contribution in [2.24, 2.45) is 11.7 Å². The molecule has 0 aliphatic rings. The Morgan fingerprint density at radius 2 is 2.28 bits per heavy atom. The molecule has 0 aromatic carbocycles. The second-order valence-electron chi connectivity index (χ2n) is 4.34. The first kappa shape index (κ1) is 14.4. The van der Waals surface area contributed by atoms with Gasteiger partial charge < -0.3 is 15.8 Å². The van der Waals surface area contributed by atoms with E-state index in [1.54, 1.807) is 19.4 Å². The highest BCUT2D eigenvalue weighted by molar-refractivity contribution is 5.81. The van der Waals surface area contributed by atoms with Crippen molar-refractivity contribution in [3.05, 3.63) is 23.9 Å². The van der Waals surface area contributed by atoms with E-state index in [2.05, 4.69) is 10.3 Å². The molecule has 100 valence electrons. The molecule has 0 aliphatic carbocycles. The number of methoxy groups -OCH3 is 1. The van der Waals surface area contributed by atoms with Gasteiger partial charge in [-0.1, -0.05) is 26.3 Å². The Bertz CT molecular complexity index is 378. The van der Waals surface area contributed by atoms with Crippen LogP contribution in [0.25, 0.3) is 0 Å². The summed E-state index contributed by atoms with van der Waals surface area (Å²) in [7, 11) is 1.56. The van der Waals surface area contributed by atoms with Gasteiger partial charge in [-0.25, -0.2) is 4.98 Å². The van der Waals surface area contributed by atoms with Gasteiger partial charge >= 0.3 is 0 Å². The summed E-state index contributed by atoms with van der Waals surface area (Å²) >= 11 is 0. The number of amides is 1. The van der Waals surface area contributed by atoms with Gasteiger partial charge in [0.05, 0.1) is 13.2 Å². The number of ether oxygens (including phenoxy) is 1. The fourth-order valence-electron chi connectivity index (χ4n) is 1.46. The molecule has 1 aromatic heterocycles. The SMILES string of the molecule is CCC(C)C(N)C(=O)NCc1ccc(OC)nc1. The lowest BCUT2D eigenvalue weighted by atomic mass is 9.99. The van der Waals surface area contributed by atoms with E-state index >= 15 is 0 Å². The Kier molecular flexibility index (Phi) is 5.58. The van der Waals surface area contributed by atoms with Crippen LogP contribution in [0, 0.1) is 5.92 Å². The van der Waals surface area contributed by atoms with Gasteiger partial charge in [0.2, 0.25) is 11.8 Å². The van der Waals surface area contributed by atoms with Gasteiger partial charge in [-0.15, -0.1) is 0 Å². The Hall–Kier alpha value is -1.62. The van der Waals surface area contributed by atoms with Gasteiger partial charge in [0.15, 0.2) is 0 Å². The maximum atomic E-state index is 11.8. The normalized spacial score (nSPS) is 13.8. The van der Waals surface area contributed by atoms with E-state index < -0.39 is 6.04 Å². The van der Waals surface area contributed by atoms with Crippen LogP contribution in [0.5, 0.6) is 5.88 Å². The second-order valence-corrected chi connectivity index (χ2v) is 4.34. The average molecular weight is 251 g/mol. The van der Waals surface area contributed by atoms with Crippen molar-refractivity contribution >= 4 is 5.91 Å². The van der Waals surface area contributed by atoms with Crippen LogP contribution < -0.4 is 15.8 Å². The molecule has 5 nitrogen and oxygen atoms in total. The number of nitrogens with one attached hydrogen (secondary N) is 1. The number of pyridine rings is 1. The summed E-state index contributed by atoms with van der Waals surface area (Å²) in [5, 5.41) is 2.81. The Morgan fingerprint density at radius 3 is 2.78 bits per heavy atom. The van der Waals surface area contributed by atoms with E-state index in [9.17, 15) is 4.79 Å². The summed E-state index contributed by atoms with van der Waals surface area (Å²) in [6.45, 7) is 4.42. The molecule has 0 bridgehead atoms. The molecule has 0 saturated heterocycles. The first-order valence-electron chi connectivity index (χ1n) is 6.10. The van der Waals surface area contributed by atoms with Gasteiger partial charge in [-0.2, -0.15) is 0 Å². The van der Waals surface area contributed by atoms with E-state index in [1.165, 1.54) is 0 Å². The first-order valence-corrected chi connectivity index (χ1v) is 6.10. The largest absolute Gasteiger partial charge is 0.481 e. The van der Waals surface area contributed by atoms with Gasteiger partial charge in [0.1, 0.15) is 0 Å². The smallest absolute Gasteiger partial charge is 0.237 e. The van der Waals surface area contributed by atoms with Crippen LogP contribution in [0.4, 0.5) is 0 Å². The first-order chi connectivity index (χ1) is 8.58. The molecule has 3 N–H and O–H groups in total. The highest BCUT2D eigenvalue weighted by atomic mass is 16.5. The van der Waals surface area contributed by atoms with Crippen molar-refractivity contribution in [3.8, 4) is 5.88 Å². The van der Waals surface area contributed by atoms with Crippen LogP contribution in [-0.4, -0.2) is 24.0 Å². The standard InChI is InChI=1S/C13H21N3O2/c1-4-9(2)12(14)13(17)16-8-10-5-6-11(18-3)15-7-10/h5-7,9,12H,4,8,14H2,1-3H3,(H,16,17). The maximum absolute atomic E-state index is 11.8. The number of carbonyl (C=O) groups excluding carboxylic acids is 1. The topological polar surface area (TPSA) is 77.2 Å². The molecule has 2 unspecified atom stereocenters. The zero-order chi connectivity index (χ0) is 13.5. The minimum Gasteiger partial charge on any atom is -0.481 e. The van der Waals surface area contributed by atoms with Crippen molar-refractivity contribution in [2.45, 2.75) is 32.9 Å². The Morgan fingerprint density at radius 1 is 1.56 bits per heavy atom. The lowest BCUT2D eigenvalue weighted by Crippen LogP contribution is -2.44. The van der Waals surface area contributed by atoms with Crippen LogP contribution in [-0.2, 0) is 11.3 Å². The number of rotatable bonds is 6. The van der Waals surface area contributed by atoms with Crippen LogP contribution in [0.1, 0.15) is 25.8 Å². The predicted octanol–water partition coefficient (Wildman–Crippen LogP) is 1.08. The molecule has 1 aromatic rings. The summed E-state index contributed by atoms with van der Waals surface area (Å²) in [5.41, 5.74) is 6.75. The molecule has 1 heterocycles. The van der Waals surface area contributed by atoms with E-state index in [-0.39, 0.29) is 11.8 Å². The number of carbonyl (C=O) groups is 1. The van der Waals surface area contributed by atoms with Crippen LogP contribution >= 0.6 is 0 Å². The monoisotopic (exact) mass is 251 g/mol. The zero-order valence-electron chi connectivity index (χ0n) is 11.1. The lowest BCUT2D eigenvalue weighted by Gasteiger charge is -2.17. The molecule has 0 aliphatic heterocycles. The minimum atomic E-state index is -0.457. The summed E-state index contributed by atoms with van der Waals surface area (Å²) in [5.74, 6) is 0.612. The summed E-state index contributed by atoms with van der Waals surface area (Å²) in [4.78, 5) is 15.8. The quantitative estimate of drug-likeness (QED) is 0.793. The Balaban J connectivity index is 2.46. The number of nitrogens with two attached hydrogens (primary N) is 1. The van der Waals surface area contributed by atoms with Crippen molar-refractivity contribution in [2.75, 3.05) is 7.11 Å². The minimum absolute atomic E-state index is 0.125. The molecule has 1 rings (SSSR count).